The van der Waals surface area contributed by atoms with Gasteiger partial charge in [-0.1, -0.05) is 0 Å². The van der Waals surface area contributed by atoms with Crippen LogP contribution in [0, 0.1) is 5.82 Å². The zero-order valence-electron chi connectivity index (χ0n) is 7.82. The molecular weight excluding hydrogens is 227 g/mol. The van der Waals surface area contributed by atoms with Crippen molar-refractivity contribution < 1.29 is 28.2 Å². The molecule has 0 aromatic heterocycles. The number of halogens is 3. The second-order valence-corrected chi connectivity index (χ2v) is 3.06. The van der Waals surface area contributed by atoms with E-state index in [9.17, 15) is 23.1 Å². The highest BCUT2D eigenvalue weighted by Gasteiger charge is 2.25. The van der Waals surface area contributed by atoms with Crippen LogP contribution in [-0.4, -0.2) is 22.6 Å². The van der Waals surface area contributed by atoms with Crippen molar-refractivity contribution >= 4 is 5.97 Å². The lowest BCUT2D eigenvalue weighted by Crippen LogP contribution is -2.20. The maximum Gasteiger partial charge on any atom is 0.339 e. The van der Waals surface area contributed by atoms with Crippen LogP contribution < -0.4 is 5.73 Å². The Morgan fingerprint density at radius 1 is 1.38 bits per heavy atom. The first-order valence-corrected chi connectivity index (χ1v) is 4.14. The molecule has 0 fully saturated rings. The predicted octanol–water partition coefficient (Wildman–Crippen LogP) is 1.49. The molecule has 0 aliphatic carbocycles. The Morgan fingerprint density at radius 3 is 2.38 bits per heavy atom. The second-order valence-electron chi connectivity index (χ2n) is 3.06. The van der Waals surface area contributed by atoms with E-state index in [1.807, 2.05) is 0 Å². The van der Waals surface area contributed by atoms with E-state index in [4.69, 9.17) is 10.8 Å². The molecule has 0 aliphatic rings. The van der Waals surface area contributed by atoms with E-state index < -0.39 is 41.1 Å². The predicted molar refractivity (Wildman–Crippen MR) is 48.0 cm³/mol. The average Bonchev–Trinajstić information content (AvgIpc) is 2.19. The minimum atomic E-state index is -3.03. The summed E-state index contributed by atoms with van der Waals surface area (Å²) < 4.78 is 37.4. The van der Waals surface area contributed by atoms with Gasteiger partial charge in [0, 0.05) is 5.56 Å². The highest BCUT2D eigenvalue weighted by molar-refractivity contribution is 5.91. The molecule has 1 aromatic carbocycles. The van der Waals surface area contributed by atoms with Crippen LogP contribution in [0.1, 0.15) is 22.0 Å². The van der Waals surface area contributed by atoms with Gasteiger partial charge in [0.15, 0.2) is 0 Å². The van der Waals surface area contributed by atoms with Crippen LogP contribution in [0.3, 0.4) is 0 Å². The van der Waals surface area contributed by atoms with Crippen LogP contribution in [0.25, 0.3) is 0 Å². The Balaban J connectivity index is 3.35. The van der Waals surface area contributed by atoms with Gasteiger partial charge in [-0.15, -0.1) is 0 Å². The van der Waals surface area contributed by atoms with Gasteiger partial charge in [0.1, 0.15) is 17.1 Å². The van der Waals surface area contributed by atoms with E-state index in [0.717, 1.165) is 0 Å². The van der Waals surface area contributed by atoms with Crippen molar-refractivity contribution in [2.24, 2.45) is 5.73 Å². The molecule has 0 saturated carbocycles. The number of carbonyl (C=O) groups is 1. The molecule has 1 atom stereocenters. The third kappa shape index (κ3) is 2.25. The molecule has 1 rings (SSSR count). The van der Waals surface area contributed by atoms with Crippen LogP contribution >= 0.6 is 0 Å². The first-order valence-electron chi connectivity index (χ1n) is 4.14. The Morgan fingerprint density at radius 2 is 1.94 bits per heavy atom. The Bertz CT molecular complexity index is 423. The second kappa shape index (κ2) is 4.40. The molecule has 0 heterocycles. The number of aromatic hydroxyl groups is 1. The number of rotatable bonds is 3. The van der Waals surface area contributed by atoms with Crippen molar-refractivity contribution in [1.29, 1.82) is 0 Å². The topological polar surface area (TPSA) is 83.6 Å². The maximum atomic E-state index is 12.9. The summed E-state index contributed by atoms with van der Waals surface area (Å²) in [5.74, 6) is -3.62. The van der Waals surface area contributed by atoms with Crippen molar-refractivity contribution in [3.05, 3.63) is 29.1 Å². The number of phenols is 1. The minimum Gasteiger partial charge on any atom is -0.507 e. The van der Waals surface area contributed by atoms with Gasteiger partial charge in [0.2, 0.25) is 0 Å². The van der Waals surface area contributed by atoms with Gasteiger partial charge in [-0.2, -0.15) is 0 Å². The van der Waals surface area contributed by atoms with E-state index in [1.165, 1.54) is 0 Å². The summed E-state index contributed by atoms with van der Waals surface area (Å²) in [4.78, 5) is 10.6. The van der Waals surface area contributed by atoms with Crippen LogP contribution in [0.2, 0.25) is 0 Å². The van der Waals surface area contributed by atoms with Gasteiger partial charge in [-0.25, -0.2) is 18.0 Å². The molecule has 0 bridgehead atoms. The third-order valence-electron chi connectivity index (χ3n) is 1.97. The number of alkyl halides is 2. The lowest BCUT2D eigenvalue weighted by molar-refractivity contribution is 0.0691. The summed E-state index contributed by atoms with van der Waals surface area (Å²) in [7, 11) is 0. The van der Waals surface area contributed by atoms with E-state index in [2.05, 4.69) is 0 Å². The fraction of sp³-hybridized carbons (Fsp3) is 0.222. The average molecular weight is 235 g/mol. The smallest absolute Gasteiger partial charge is 0.339 e. The zero-order valence-corrected chi connectivity index (χ0v) is 7.82. The molecule has 88 valence electrons. The van der Waals surface area contributed by atoms with Crippen molar-refractivity contribution in [3.63, 3.8) is 0 Å². The van der Waals surface area contributed by atoms with Crippen LogP contribution in [0.4, 0.5) is 13.2 Å². The fourth-order valence-corrected chi connectivity index (χ4v) is 1.17. The fourth-order valence-electron chi connectivity index (χ4n) is 1.17. The van der Waals surface area contributed by atoms with Crippen LogP contribution in [0.5, 0.6) is 5.75 Å². The normalized spacial score (nSPS) is 12.8. The van der Waals surface area contributed by atoms with Gasteiger partial charge in [-0.3, -0.25) is 0 Å². The molecule has 4 nitrogen and oxygen atoms in total. The van der Waals surface area contributed by atoms with E-state index in [0.29, 0.717) is 12.1 Å². The van der Waals surface area contributed by atoms with E-state index in [-0.39, 0.29) is 0 Å². The largest absolute Gasteiger partial charge is 0.507 e. The third-order valence-corrected chi connectivity index (χ3v) is 1.97. The molecule has 0 aliphatic heterocycles. The molecule has 0 saturated heterocycles. The summed E-state index contributed by atoms with van der Waals surface area (Å²) in [6, 6.07) is -0.827. The first-order chi connectivity index (χ1) is 7.34. The Labute approximate surface area is 88.1 Å². The number of carboxylic acids is 1. The molecule has 0 spiro atoms. The molecular formula is C9H8F3NO3. The number of nitrogens with two attached hydrogens (primary N) is 1. The van der Waals surface area contributed by atoms with Crippen molar-refractivity contribution in [2.75, 3.05) is 0 Å². The summed E-state index contributed by atoms with van der Waals surface area (Å²) in [6.45, 7) is 0. The maximum absolute atomic E-state index is 12.9. The lowest BCUT2D eigenvalue weighted by Gasteiger charge is -2.14. The van der Waals surface area contributed by atoms with Crippen molar-refractivity contribution in [2.45, 2.75) is 12.5 Å². The van der Waals surface area contributed by atoms with Gasteiger partial charge >= 0.3 is 5.97 Å². The Kier molecular flexibility index (Phi) is 3.38. The summed E-state index contributed by atoms with van der Waals surface area (Å²) >= 11 is 0. The van der Waals surface area contributed by atoms with Crippen LogP contribution in [-0.2, 0) is 0 Å². The van der Waals surface area contributed by atoms with Gasteiger partial charge < -0.3 is 15.9 Å². The number of aromatic carboxylic acids is 1. The lowest BCUT2D eigenvalue weighted by atomic mass is 10.0. The SMILES string of the molecule is N[C@H](c1cc(F)cc(C(=O)O)c1O)C(F)F. The monoisotopic (exact) mass is 235 g/mol. The standard InChI is InChI=1S/C9H8F3NO3/c10-3-1-4(6(13)8(11)12)7(14)5(2-3)9(15)16/h1-2,6,8,14H,13H2,(H,15,16)/t6-/m1/s1. The number of benzene rings is 1. The van der Waals surface area contributed by atoms with Gasteiger partial charge in [-0.05, 0) is 12.1 Å². The minimum absolute atomic E-state index is 0.527. The van der Waals surface area contributed by atoms with Crippen LogP contribution in [0.15, 0.2) is 12.1 Å². The number of hydrogen-bond acceptors (Lipinski definition) is 3. The number of hydrogen-bond donors (Lipinski definition) is 3. The summed E-state index contributed by atoms with van der Waals surface area (Å²) in [5, 5.41) is 17.9. The molecule has 7 heteroatoms. The van der Waals surface area contributed by atoms with Crippen molar-refractivity contribution in [3.8, 4) is 5.75 Å². The van der Waals surface area contributed by atoms with Crippen molar-refractivity contribution in [1.82, 2.24) is 0 Å². The Hall–Kier alpha value is -1.76. The quantitative estimate of drug-likeness (QED) is 0.741. The molecule has 0 amide bonds. The highest BCUT2D eigenvalue weighted by Crippen LogP contribution is 2.31. The zero-order chi connectivity index (χ0) is 12.5. The van der Waals surface area contributed by atoms with E-state index >= 15 is 0 Å². The molecule has 0 radical (unpaired) electrons. The molecule has 0 unspecified atom stereocenters. The van der Waals surface area contributed by atoms with Gasteiger partial charge in [0.05, 0.1) is 6.04 Å². The van der Waals surface area contributed by atoms with E-state index in [1.54, 1.807) is 0 Å². The highest BCUT2D eigenvalue weighted by atomic mass is 19.3. The first kappa shape index (κ1) is 12.3. The molecule has 4 N–H and O–H groups in total. The van der Waals surface area contributed by atoms with Gasteiger partial charge in [0.25, 0.3) is 6.43 Å². The summed E-state index contributed by atoms with van der Waals surface area (Å²) in [6.07, 6.45) is -3.03. The molecule has 16 heavy (non-hydrogen) atoms. The summed E-state index contributed by atoms with van der Waals surface area (Å²) in [5.41, 5.74) is 3.57. The molecule has 1 aromatic rings. The number of carboxylic acid groups (broad SMARTS) is 1.